The summed E-state index contributed by atoms with van der Waals surface area (Å²) in [5.74, 6) is 0. The number of rotatable bonds is 0. The molecule has 0 amide bonds. The number of hydrogen-bond acceptors (Lipinski definition) is 0. The predicted molar refractivity (Wildman–Crippen MR) is 45.1 cm³/mol. The van der Waals surface area contributed by atoms with Gasteiger partial charge in [-0.05, 0) is 6.92 Å². The number of allylic oxidation sites excluding steroid dienone is 1. The highest BCUT2D eigenvalue weighted by Gasteiger charge is 1.99. The first kappa shape index (κ1) is 10.9. The van der Waals surface area contributed by atoms with Crippen LogP contribution in [0.4, 0.5) is 0 Å². The second-order valence-corrected chi connectivity index (χ2v) is 9.41. The van der Waals surface area contributed by atoms with E-state index in [0.717, 1.165) is 0 Å². The zero-order chi connectivity index (χ0) is 7.21. The molecule has 0 aliphatic carbocycles. The molecule has 0 saturated heterocycles. The summed E-state index contributed by atoms with van der Waals surface area (Å²) in [6.07, 6.45) is 1.75. The Morgan fingerprint density at radius 1 is 1.12 bits per heavy atom. The van der Waals surface area contributed by atoms with E-state index in [0.29, 0.717) is 0 Å². The van der Waals surface area contributed by atoms with Crippen LogP contribution in [0.2, 0.25) is 26.2 Å². The molecule has 0 bridgehead atoms. The minimum Gasteiger partial charge on any atom is -0.103 e. The highest BCUT2D eigenvalue weighted by molar-refractivity contribution is 6.74. The van der Waals surface area contributed by atoms with Crippen LogP contribution in [0.5, 0.6) is 0 Å². The zero-order valence-electron chi connectivity index (χ0n) is 6.78. The summed E-state index contributed by atoms with van der Waals surface area (Å²) in [5, 5.41) is 0. The van der Waals surface area contributed by atoms with Crippen molar-refractivity contribution in [1.82, 2.24) is 0 Å². The van der Waals surface area contributed by atoms with Gasteiger partial charge < -0.3 is 0 Å². The molecule has 0 spiro atoms. The Morgan fingerprint density at radius 2 is 1.12 bits per heavy atom. The Labute approximate surface area is 54.6 Å². The molecule has 0 fully saturated rings. The van der Waals surface area contributed by atoms with Gasteiger partial charge in [-0.1, -0.05) is 32.3 Å². The van der Waals surface area contributed by atoms with Crippen LogP contribution in [-0.2, 0) is 0 Å². The minimum absolute atomic E-state index is 0.611. The lowest BCUT2D eigenvalue weighted by Crippen LogP contribution is -2.10. The topological polar surface area (TPSA) is 0 Å². The second kappa shape index (κ2) is 5.10. The van der Waals surface area contributed by atoms with Gasteiger partial charge in [-0.3, -0.25) is 0 Å². The summed E-state index contributed by atoms with van der Waals surface area (Å²) in [7, 11) is -0.611. The molecule has 0 N–H and O–H groups in total. The molecule has 0 saturated carbocycles. The molecule has 0 atom stereocenters. The van der Waals surface area contributed by atoms with E-state index in [1.165, 1.54) is 0 Å². The molecule has 0 rings (SSSR count). The second-order valence-electron chi connectivity index (χ2n) is 3.41. The third kappa shape index (κ3) is 78700. The van der Waals surface area contributed by atoms with Crippen LogP contribution < -0.4 is 0 Å². The van der Waals surface area contributed by atoms with Gasteiger partial charge in [0.25, 0.3) is 0 Å². The summed E-state index contributed by atoms with van der Waals surface area (Å²) in [5.41, 5.74) is 0. The summed E-state index contributed by atoms with van der Waals surface area (Å²) in [6.45, 7) is 14.6. The van der Waals surface area contributed by atoms with E-state index in [-0.39, 0.29) is 0 Å². The molecule has 1 heteroatoms. The molecule has 0 aromatic rings. The van der Waals surface area contributed by atoms with Gasteiger partial charge in [0.2, 0.25) is 0 Å². The Kier molecular flexibility index (Phi) is 6.92. The maximum absolute atomic E-state index is 3.36. The average molecular weight is 130 g/mol. The summed E-state index contributed by atoms with van der Waals surface area (Å²) in [6, 6.07) is 0. The standard InChI is InChI=1S/C4H12Si.C3H6/c1-5(2,3)4;1-3-2/h1-4H3;3H,1H2,2H3. The van der Waals surface area contributed by atoms with Crippen molar-refractivity contribution < 1.29 is 0 Å². The van der Waals surface area contributed by atoms with Crippen molar-refractivity contribution in [3.63, 3.8) is 0 Å². The molecule has 0 aromatic heterocycles. The van der Waals surface area contributed by atoms with Crippen LogP contribution in [0.15, 0.2) is 12.7 Å². The summed E-state index contributed by atoms with van der Waals surface area (Å²) in [4.78, 5) is 0. The van der Waals surface area contributed by atoms with Crippen LogP contribution in [0.25, 0.3) is 0 Å². The summed E-state index contributed by atoms with van der Waals surface area (Å²) < 4.78 is 0. The van der Waals surface area contributed by atoms with Crippen LogP contribution in [0, 0.1) is 0 Å². The molecule has 50 valence electrons. The lowest BCUT2D eigenvalue weighted by atomic mass is 10.8. The minimum atomic E-state index is -0.611. The summed E-state index contributed by atoms with van der Waals surface area (Å²) >= 11 is 0. The molecule has 0 heterocycles. The van der Waals surface area contributed by atoms with Crippen molar-refractivity contribution in [2.24, 2.45) is 0 Å². The molecular weight excluding hydrogens is 112 g/mol. The third-order valence-corrected chi connectivity index (χ3v) is 0. The molecule has 0 radical (unpaired) electrons. The van der Waals surface area contributed by atoms with E-state index in [1.54, 1.807) is 6.08 Å². The maximum atomic E-state index is 3.36. The first-order chi connectivity index (χ1) is 3.41. The number of hydrogen-bond donors (Lipinski definition) is 0. The van der Waals surface area contributed by atoms with Crippen molar-refractivity contribution >= 4 is 8.07 Å². The fraction of sp³-hybridized carbons (Fsp3) is 0.714. The molecule has 0 nitrogen and oxygen atoms in total. The lowest BCUT2D eigenvalue weighted by Gasteiger charge is -2.01. The van der Waals surface area contributed by atoms with Gasteiger partial charge in [0.15, 0.2) is 0 Å². The first-order valence-corrected chi connectivity index (χ1v) is 6.99. The predicted octanol–water partition coefficient (Wildman–Crippen LogP) is 3.15. The molecule has 8 heavy (non-hydrogen) atoms. The van der Waals surface area contributed by atoms with Crippen molar-refractivity contribution in [3.8, 4) is 0 Å². The monoisotopic (exact) mass is 130 g/mol. The average Bonchev–Trinajstić information content (AvgIpc) is 1.27. The fourth-order valence-electron chi connectivity index (χ4n) is 0. The van der Waals surface area contributed by atoms with E-state index < -0.39 is 8.07 Å². The first-order valence-electron chi connectivity index (χ1n) is 2.99. The fourth-order valence-corrected chi connectivity index (χ4v) is 0. The van der Waals surface area contributed by atoms with Gasteiger partial charge >= 0.3 is 0 Å². The van der Waals surface area contributed by atoms with Gasteiger partial charge in [0.05, 0.1) is 0 Å². The van der Waals surface area contributed by atoms with Gasteiger partial charge in [0.1, 0.15) is 0 Å². The normalized spacial score (nSPS) is 9.12. The maximum Gasteiger partial charge on any atom is 0.0411 e. The van der Waals surface area contributed by atoms with E-state index >= 15 is 0 Å². The zero-order valence-corrected chi connectivity index (χ0v) is 7.78. The largest absolute Gasteiger partial charge is 0.103 e. The van der Waals surface area contributed by atoms with Crippen LogP contribution in [-0.4, -0.2) is 8.07 Å². The lowest BCUT2D eigenvalue weighted by molar-refractivity contribution is 1.71. The van der Waals surface area contributed by atoms with Gasteiger partial charge in [-0.25, -0.2) is 0 Å². The van der Waals surface area contributed by atoms with Gasteiger partial charge in [-0.15, -0.1) is 6.58 Å². The third-order valence-electron chi connectivity index (χ3n) is 0. The van der Waals surface area contributed by atoms with Crippen molar-refractivity contribution in [3.05, 3.63) is 12.7 Å². The van der Waals surface area contributed by atoms with Crippen molar-refractivity contribution in [2.45, 2.75) is 33.1 Å². The highest BCUT2D eigenvalue weighted by atomic mass is 28.3. The molecule has 0 unspecified atom stereocenters. The van der Waals surface area contributed by atoms with E-state index in [1.807, 2.05) is 6.92 Å². The van der Waals surface area contributed by atoms with Gasteiger partial charge in [-0.2, -0.15) is 0 Å². The van der Waals surface area contributed by atoms with Gasteiger partial charge in [0, 0.05) is 8.07 Å². The SMILES string of the molecule is C=CC.C[Si](C)(C)C. The van der Waals surface area contributed by atoms with Crippen LogP contribution in [0.1, 0.15) is 6.92 Å². The molecule has 0 aromatic carbocycles. The Morgan fingerprint density at radius 3 is 1.12 bits per heavy atom. The Hall–Kier alpha value is -0.0431. The highest BCUT2D eigenvalue weighted by Crippen LogP contribution is 1.94. The van der Waals surface area contributed by atoms with E-state index in [4.69, 9.17) is 0 Å². The van der Waals surface area contributed by atoms with E-state index in [9.17, 15) is 0 Å². The Balaban J connectivity index is 0. The molecule has 0 aliphatic heterocycles. The molecular formula is C7H18Si. The quantitative estimate of drug-likeness (QED) is 0.349. The Bertz CT molecular complexity index is 43.9. The van der Waals surface area contributed by atoms with Crippen molar-refractivity contribution in [2.75, 3.05) is 0 Å². The molecule has 0 aliphatic rings. The van der Waals surface area contributed by atoms with E-state index in [2.05, 4.69) is 32.8 Å². The van der Waals surface area contributed by atoms with Crippen molar-refractivity contribution in [1.29, 1.82) is 0 Å². The van der Waals surface area contributed by atoms with Crippen LogP contribution in [0.3, 0.4) is 0 Å². The smallest absolute Gasteiger partial charge is 0.0411 e. The van der Waals surface area contributed by atoms with Crippen LogP contribution >= 0.6 is 0 Å².